The van der Waals surface area contributed by atoms with Crippen molar-refractivity contribution in [1.82, 2.24) is 0 Å². The molecule has 1 aromatic rings. The first-order valence-electron chi connectivity index (χ1n) is 7.40. The molecule has 0 saturated carbocycles. The quantitative estimate of drug-likeness (QED) is 0.467. The van der Waals surface area contributed by atoms with Crippen LogP contribution in [-0.4, -0.2) is 17.9 Å². The molecule has 2 heteroatoms. The molecule has 18 heavy (non-hydrogen) atoms. The molecule has 0 aromatic heterocycles. The average Bonchev–Trinajstić information content (AvgIpc) is 2.42. The zero-order valence-electron chi connectivity index (χ0n) is 11.5. The lowest BCUT2D eigenvalue weighted by atomic mass is 10.1. The highest BCUT2D eigenvalue weighted by Crippen LogP contribution is 2.20. The molecule has 0 heterocycles. The molecule has 0 fully saturated rings. The van der Waals surface area contributed by atoms with Gasteiger partial charge in [-0.2, -0.15) is 0 Å². The van der Waals surface area contributed by atoms with Gasteiger partial charge in [-0.25, -0.2) is 0 Å². The highest BCUT2D eigenvalue weighted by molar-refractivity contribution is 7.37. The Hall–Kier alpha value is -0.390. The van der Waals surface area contributed by atoms with Gasteiger partial charge in [0.1, 0.15) is 0 Å². The van der Waals surface area contributed by atoms with Gasteiger partial charge in [0, 0.05) is 6.61 Å². The normalized spacial score (nSPS) is 11.4. The summed E-state index contributed by atoms with van der Waals surface area (Å²) in [6.07, 6.45) is 11.8. The number of hydrogen-bond acceptors (Lipinski definition) is 1. The lowest BCUT2D eigenvalue weighted by molar-refractivity contribution is 0.282. The van der Waals surface area contributed by atoms with E-state index in [4.69, 9.17) is 5.11 Å². The van der Waals surface area contributed by atoms with Gasteiger partial charge in [0.15, 0.2) is 0 Å². The predicted octanol–water partition coefficient (Wildman–Crippen LogP) is 4.32. The zero-order chi connectivity index (χ0) is 12.9. The van der Waals surface area contributed by atoms with Crippen molar-refractivity contribution in [1.29, 1.82) is 0 Å². The fourth-order valence-electron chi connectivity index (χ4n) is 2.17. The fourth-order valence-corrected chi connectivity index (χ4v) is 3.55. The van der Waals surface area contributed by atoms with E-state index in [0.29, 0.717) is 15.2 Å². The van der Waals surface area contributed by atoms with Crippen LogP contribution >= 0.6 is 8.58 Å². The summed E-state index contributed by atoms with van der Waals surface area (Å²) in [5.41, 5.74) is 1.51. The van der Waals surface area contributed by atoms with Crippen molar-refractivity contribution in [2.75, 3.05) is 12.8 Å². The summed E-state index contributed by atoms with van der Waals surface area (Å²) in [5, 5.41) is 8.66. The third-order valence-electron chi connectivity index (χ3n) is 3.29. The average molecular weight is 267 g/mol. The Balaban J connectivity index is 1.82. The van der Waals surface area contributed by atoms with Crippen molar-refractivity contribution < 1.29 is 5.11 Å². The van der Waals surface area contributed by atoms with E-state index in [0.717, 1.165) is 6.42 Å². The summed E-state index contributed by atoms with van der Waals surface area (Å²) < 4.78 is 0. The van der Waals surface area contributed by atoms with Gasteiger partial charge in [0.2, 0.25) is 0 Å². The van der Waals surface area contributed by atoms with Crippen LogP contribution < -0.4 is 0 Å². The summed E-state index contributed by atoms with van der Waals surface area (Å²) in [6.45, 7) is 0.364. The number of aliphatic hydroxyl groups is 1. The molecule has 0 aliphatic rings. The Kier molecular flexibility index (Phi) is 10.2. The predicted molar refractivity (Wildman–Crippen MR) is 84.1 cm³/mol. The molecule has 0 radical (unpaired) electrons. The van der Waals surface area contributed by atoms with Crippen LogP contribution in [0.5, 0.6) is 0 Å². The molecule has 0 spiro atoms. The molecule has 102 valence electrons. The van der Waals surface area contributed by atoms with Gasteiger partial charge in [0.25, 0.3) is 0 Å². The Morgan fingerprint density at radius 3 is 2.06 bits per heavy atom. The Morgan fingerprint density at radius 2 is 1.39 bits per heavy atom. The van der Waals surface area contributed by atoms with Gasteiger partial charge in [-0.1, -0.05) is 56.0 Å². The number of hydrogen-bond donors (Lipinski definition) is 1. The molecule has 0 amide bonds. The van der Waals surface area contributed by atoms with E-state index in [1.807, 2.05) is 0 Å². The van der Waals surface area contributed by atoms with E-state index in [1.165, 1.54) is 56.4 Å². The maximum Gasteiger partial charge on any atom is 0.0797 e. The minimum atomic E-state index is 0.364. The van der Waals surface area contributed by atoms with Crippen LogP contribution in [0.4, 0.5) is 0 Å². The Bertz CT molecular complexity index is 274. The second kappa shape index (κ2) is 11.7. The maximum absolute atomic E-state index is 8.66. The van der Waals surface area contributed by atoms with Crippen LogP contribution in [-0.2, 0) is 6.16 Å². The smallest absolute Gasteiger partial charge is 0.0797 e. The molecular weight excluding hydrogens is 239 g/mol. The van der Waals surface area contributed by atoms with Crippen LogP contribution in [0.15, 0.2) is 30.3 Å². The Morgan fingerprint density at radius 1 is 0.778 bits per heavy atom. The first-order chi connectivity index (χ1) is 8.93. The second-order valence-corrected chi connectivity index (χ2v) is 6.53. The van der Waals surface area contributed by atoms with Crippen LogP contribution in [0, 0.1) is 0 Å². The molecule has 1 unspecified atom stereocenters. The standard InChI is InChI=1S/C16H27OP/c17-13-9-4-2-1-3-5-10-14-18-15-16-11-7-6-8-12-16/h6-8,11-12,17-18H,1-5,9-10,13-15H2/p+1. The van der Waals surface area contributed by atoms with Gasteiger partial charge in [-0.05, 0) is 33.4 Å². The van der Waals surface area contributed by atoms with Gasteiger partial charge < -0.3 is 5.11 Å². The largest absolute Gasteiger partial charge is 0.396 e. The SMILES string of the molecule is OCCCCCCCCC[PH2+]Cc1ccccc1. The van der Waals surface area contributed by atoms with Crippen LogP contribution in [0.2, 0.25) is 0 Å². The molecule has 0 saturated heterocycles. The monoisotopic (exact) mass is 267 g/mol. The third kappa shape index (κ3) is 8.66. The van der Waals surface area contributed by atoms with E-state index < -0.39 is 0 Å². The molecule has 0 bridgehead atoms. The zero-order valence-corrected chi connectivity index (χ0v) is 12.6. The highest BCUT2D eigenvalue weighted by Gasteiger charge is 1.98. The summed E-state index contributed by atoms with van der Waals surface area (Å²) in [6, 6.07) is 10.9. The maximum atomic E-state index is 8.66. The van der Waals surface area contributed by atoms with Crippen molar-refractivity contribution in [3.8, 4) is 0 Å². The minimum absolute atomic E-state index is 0.364. The number of benzene rings is 1. The summed E-state index contributed by atoms with van der Waals surface area (Å²) in [7, 11) is 0.611. The second-order valence-electron chi connectivity index (χ2n) is 4.97. The molecule has 1 rings (SSSR count). The lowest BCUT2D eigenvalue weighted by Crippen LogP contribution is -1.85. The van der Waals surface area contributed by atoms with Crippen molar-refractivity contribution in [2.24, 2.45) is 0 Å². The molecule has 1 N–H and O–H groups in total. The topological polar surface area (TPSA) is 20.2 Å². The van der Waals surface area contributed by atoms with Gasteiger partial charge in [0.05, 0.1) is 12.3 Å². The highest BCUT2D eigenvalue weighted by atomic mass is 31.1. The molecule has 0 aliphatic heterocycles. The Labute approximate surface area is 114 Å². The first kappa shape index (κ1) is 15.7. The number of unbranched alkanes of at least 4 members (excludes halogenated alkanes) is 6. The lowest BCUT2D eigenvalue weighted by Gasteiger charge is -2.00. The van der Waals surface area contributed by atoms with Crippen LogP contribution in [0.1, 0.15) is 50.5 Å². The summed E-state index contributed by atoms with van der Waals surface area (Å²) in [4.78, 5) is 0. The van der Waals surface area contributed by atoms with Crippen molar-refractivity contribution in [2.45, 2.75) is 51.1 Å². The van der Waals surface area contributed by atoms with Gasteiger partial charge >= 0.3 is 0 Å². The van der Waals surface area contributed by atoms with Gasteiger partial charge in [-0.15, -0.1) is 0 Å². The first-order valence-corrected chi connectivity index (χ1v) is 9.03. The molecule has 1 aromatic carbocycles. The van der Waals surface area contributed by atoms with E-state index in [-0.39, 0.29) is 0 Å². The minimum Gasteiger partial charge on any atom is -0.396 e. The molecular formula is C16H28OP+. The van der Waals surface area contributed by atoms with E-state index >= 15 is 0 Å². The fraction of sp³-hybridized carbons (Fsp3) is 0.625. The summed E-state index contributed by atoms with van der Waals surface area (Å²) >= 11 is 0. The van der Waals surface area contributed by atoms with Gasteiger partial charge in [-0.3, -0.25) is 0 Å². The molecule has 1 atom stereocenters. The third-order valence-corrected chi connectivity index (χ3v) is 4.87. The number of rotatable bonds is 11. The van der Waals surface area contributed by atoms with Crippen molar-refractivity contribution >= 4 is 8.58 Å². The van der Waals surface area contributed by atoms with Crippen LogP contribution in [0.25, 0.3) is 0 Å². The van der Waals surface area contributed by atoms with Crippen molar-refractivity contribution in [3.63, 3.8) is 0 Å². The molecule has 0 aliphatic carbocycles. The summed E-state index contributed by atoms with van der Waals surface area (Å²) in [5.74, 6) is 0. The van der Waals surface area contributed by atoms with Crippen molar-refractivity contribution in [3.05, 3.63) is 35.9 Å². The van der Waals surface area contributed by atoms with E-state index in [2.05, 4.69) is 30.3 Å². The number of aliphatic hydroxyl groups excluding tert-OH is 1. The van der Waals surface area contributed by atoms with E-state index in [9.17, 15) is 0 Å². The van der Waals surface area contributed by atoms with E-state index in [1.54, 1.807) is 0 Å². The van der Waals surface area contributed by atoms with Crippen LogP contribution in [0.3, 0.4) is 0 Å². The molecule has 1 nitrogen and oxygen atoms in total.